The zero-order valence-corrected chi connectivity index (χ0v) is 13.6. The average molecular weight is 344 g/mol. The van der Waals surface area contributed by atoms with Crippen molar-refractivity contribution < 1.29 is 5.11 Å². The SMILES string of the molecule is OC1CCCC1C1CCCCN1Cc1sccc1Br. The van der Waals surface area contributed by atoms with Crippen LogP contribution in [-0.2, 0) is 6.54 Å². The van der Waals surface area contributed by atoms with Crippen molar-refractivity contribution in [3.8, 4) is 0 Å². The fourth-order valence-electron chi connectivity index (χ4n) is 3.74. The Kier molecular flexibility index (Phi) is 4.62. The van der Waals surface area contributed by atoms with Crippen LogP contribution in [0.3, 0.4) is 0 Å². The third-order valence-electron chi connectivity index (χ3n) is 4.73. The Morgan fingerprint density at radius 2 is 2.16 bits per heavy atom. The van der Waals surface area contributed by atoms with E-state index in [2.05, 4.69) is 32.3 Å². The second kappa shape index (κ2) is 6.25. The second-order valence-corrected chi connectivity index (χ2v) is 7.74. The number of rotatable bonds is 3. The van der Waals surface area contributed by atoms with Gasteiger partial charge in [-0.3, -0.25) is 4.90 Å². The van der Waals surface area contributed by atoms with Gasteiger partial charge in [0.2, 0.25) is 0 Å². The number of hydrogen-bond donors (Lipinski definition) is 1. The van der Waals surface area contributed by atoms with E-state index < -0.39 is 0 Å². The minimum absolute atomic E-state index is 0.0580. The third-order valence-corrected chi connectivity index (χ3v) is 6.64. The van der Waals surface area contributed by atoms with Crippen molar-refractivity contribution in [1.82, 2.24) is 4.90 Å². The Morgan fingerprint density at radius 1 is 1.26 bits per heavy atom. The number of aliphatic hydroxyl groups is 1. The van der Waals surface area contributed by atoms with Crippen molar-refractivity contribution in [3.63, 3.8) is 0 Å². The van der Waals surface area contributed by atoms with E-state index in [1.807, 2.05) is 11.3 Å². The molecular formula is C15H22BrNOS. The number of likely N-dealkylation sites (tertiary alicyclic amines) is 1. The summed E-state index contributed by atoms with van der Waals surface area (Å²) in [5.41, 5.74) is 0. The van der Waals surface area contributed by atoms with E-state index in [9.17, 15) is 5.11 Å². The summed E-state index contributed by atoms with van der Waals surface area (Å²) in [6.07, 6.45) is 7.28. The van der Waals surface area contributed by atoms with E-state index in [-0.39, 0.29) is 6.10 Å². The lowest BCUT2D eigenvalue weighted by molar-refractivity contribution is 0.0317. The molecule has 1 saturated carbocycles. The van der Waals surface area contributed by atoms with E-state index in [1.54, 1.807) is 0 Å². The lowest BCUT2D eigenvalue weighted by Crippen LogP contribution is -2.45. The van der Waals surface area contributed by atoms with Gasteiger partial charge in [0.1, 0.15) is 0 Å². The van der Waals surface area contributed by atoms with Crippen LogP contribution in [0.4, 0.5) is 0 Å². The lowest BCUT2D eigenvalue weighted by atomic mass is 9.87. The minimum atomic E-state index is -0.0580. The number of aliphatic hydroxyl groups excluding tert-OH is 1. The molecule has 106 valence electrons. The molecule has 0 radical (unpaired) electrons. The van der Waals surface area contributed by atoms with E-state index in [4.69, 9.17) is 0 Å². The summed E-state index contributed by atoms with van der Waals surface area (Å²) >= 11 is 5.48. The zero-order chi connectivity index (χ0) is 13.2. The first kappa shape index (κ1) is 14.1. The molecule has 2 fully saturated rings. The zero-order valence-electron chi connectivity index (χ0n) is 11.2. The molecule has 1 aromatic heterocycles. The second-order valence-electron chi connectivity index (χ2n) is 5.89. The van der Waals surface area contributed by atoms with Gasteiger partial charge in [0.25, 0.3) is 0 Å². The molecule has 1 N–H and O–H groups in total. The third kappa shape index (κ3) is 3.07. The van der Waals surface area contributed by atoms with Gasteiger partial charge in [0.05, 0.1) is 6.10 Å². The van der Waals surface area contributed by atoms with Gasteiger partial charge in [-0.1, -0.05) is 12.8 Å². The summed E-state index contributed by atoms with van der Waals surface area (Å²) < 4.78 is 1.24. The molecule has 0 spiro atoms. The topological polar surface area (TPSA) is 23.5 Å². The normalized spacial score (nSPS) is 32.8. The van der Waals surface area contributed by atoms with Crippen molar-refractivity contribution >= 4 is 27.3 Å². The fraction of sp³-hybridized carbons (Fsp3) is 0.733. The predicted molar refractivity (Wildman–Crippen MR) is 83.4 cm³/mol. The monoisotopic (exact) mass is 343 g/mol. The molecule has 0 amide bonds. The maximum atomic E-state index is 10.2. The molecule has 19 heavy (non-hydrogen) atoms. The maximum Gasteiger partial charge on any atom is 0.0583 e. The highest BCUT2D eigenvalue weighted by Gasteiger charge is 2.37. The van der Waals surface area contributed by atoms with Crippen LogP contribution in [0.15, 0.2) is 15.9 Å². The van der Waals surface area contributed by atoms with Crippen LogP contribution in [0.25, 0.3) is 0 Å². The van der Waals surface area contributed by atoms with Crippen molar-refractivity contribution in [2.45, 2.75) is 57.2 Å². The number of nitrogens with zero attached hydrogens (tertiary/aromatic N) is 1. The van der Waals surface area contributed by atoms with Gasteiger partial charge in [-0.05, 0) is 59.6 Å². The van der Waals surface area contributed by atoms with Crippen molar-refractivity contribution in [2.24, 2.45) is 5.92 Å². The summed E-state index contributed by atoms with van der Waals surface area (Å²) in [4.78, 5) is 4.05. The lowest BCUT2D eigenvalue weighted by Gasteiger charge is -2.40. The number of thiophene rings is 1. The van der Waals surface area contributed by atoms with Gasteiger partial charge in [0.15, 0.2) is 0 Å². The Labute approximate surface area is 127 Å². The maximum absolute atomic E-state index is 10.2. The fourth-order valence-corrected chi connectivity index (χ4v) is 5.24. The number of piperidine rings is 1. The van der Waals surface area contributed by atoms with Gasteiger partial charge in [0, 0.05) is 27.9 Å². The van der Waals surface area contributed by atoms with Gasteiger partial charge >= 0.3 is 0 Å². The van der Waals surface area contributed by atoms with E-state index in [1.165, 1.54) is 48.0 Å². The number of halogens is 1. The molecule has 4 heteroatoms. The van der Waals surface area contributed by atoms with Crippen LogP contribution in [0, 0.1) is 5.92 Å². The van der Waals surface area contributed by atoms with Crippen LogP contribution in [0.1, 0.15) is 43.4 Å². The molecule has 3 unspecified atom stereocenters. The standard InChI is InChI=1S/C15H22BrNOS/c16-12-7-9-19-15(12)10-17-8-2-1-5-13(17)11-4-3-6-14(11)18/h7,9,11,13-14,18H,1-6,8,10H2. The Morgan fingerprint density at radius 3 is 2.84 bits per heavy atom. The van der Waals surface area contributed by atoms with Crippen molar-refractivity contribution in [3.05, 3.63) is 20.8 Å². The minimum Gasteiger partial charge on any atom is -0.393 e. The van der Waals surface area contributed by atoms with Crippen molar-refractivity contribution in [2.75, 3.05) is 6.54 Å². The van der Waals surface area contributed by atoms with Crippen LogP contribution in [-0.4, -0.2) is 28.7 Å². The Balaban J connectivity index is 1.72. The molecule has 1 aliphatic carbocycles. The van der Waals surface area contributed by atoms with E-state index in [0.29, 0.717) is 12.0 Å². The highest BCUT2D eigenvalue weighted by molar-refractivity contribution is 9.10. The highest BCUT2D eigenvalue weighted by Crippen LogP contribution is 2.36. The van der Waals surface area contributed by atoms with Gasteiger partial charge in [-0.25, -0.2) is 0 Å². The molecule has 1 aromatic rings. The molecule has 3 atom stereocenters. The largest absolute Gasteiger partial charge is 0.393 e. The first-order chi connectivity index (χ1) is 9.25. The van der Waals surface area contributed by atoms with Crippen LogP contribution in [0.5, 0.6) is 0 Å². The summed E-state index contributed by atoms with van der Waals surface area (Å²) in [6.45, 7) is 2.24. The predicted octanol–water partition coefficient (Wildman–Crippen LogP) is 4.03. The molecular weight excluding hydrogens is 322 g/mol. The van der Waals surface area contributed by atoms with Gasteiger partial charge in [-0.15, -0.1) is 11.3 Å². The molecule has 3 rings (SSSR count). The smallest absolute Gasteiger partial charge is 0.0583 e. The molecule has 2 nitrogen and oxygen atoms in total. The summed E-state index contributed by atoms with van der Waals surface area (Å²) in [5.74, 6) is 0.513. The van der Waals surface area contributed by atoms with Gasteiger partial charge < -0.3 is 5.11 Å². The van der Waals surface area contributed by atoms with E-state index in [0.717, 1.165) is 13.0 Å². The summed E-state index contributed by atoms with van der Waals surface area (Å²) in [5, 5.41) is 12.4. The Bertz CT molecular complexity index is 422. The summed E-state index contributed by atoms with van der Waals surface area (Å²) in [6, 6.07) is 2.74. The van der Waals surface area contributed by atoms with Crippen LogP contribution in [0.2, 0.25) is 0 Å². The molecule has 2 heterocycles. The molecule has 0 bridgehead atoms. The molecule has 1 saturated heterocycles. The summed E-state index contributed by atoms with van der Waals surface area (Å²) in [7, 11) is 0. The first-order valence-corrected chi connectivity index (χ1v) is 9.07. The molecule has 0 aromatic carbocycles. The van der Waals surface area contributed by atoms with Crippen LogP contribution < -0.4 is 0 Å². The average Bonchev–Trinajstić information content (AvgIpc) is 3.00. The molecule has 1 aliphatic heterocycles. The first-order valence-electron chi connectivity index (χ1n) is 7.39. The van der Waals surface area contributed by atoms with Crippen LogP contribution >= 0.6 is 27.3 Å². The van der Waals surface area contributed by atoms with Crippen molar-refractivity contribution in [1.29, 1.82) is 0 Å². The quantitative estimate of drug-likeness (QED) is 0.895. The molecule has 2 aliphatic rings. The van der Waals surface area contributed by atoms with Gasteiger partial charge in [-0.2, -0.15) is 0 Å². The van der Waals surface area contributed by atoms with E-state index >= 15 is 0 Å². The number of hydrogen-bond acceptors (Lipinski definition) is 3. The Hall–Kier alpha value is 0.100. The highest BCUT2D eigenvalue weighted by atomic mass is 79.9.